The molecule has 0 saturated heterocycles. The molecule has 0 spiro atoms. The van der Waals surface area contributed by atoms with Crippen molar-refractivity contribution in [3.63, 3.8) is 0 Å². The Morgan fingerprint density at radius 1 is 1.14 bits per heavy atom. The molecule has 3 nitrogen and oxygen atoms in total. The Kier molecular flexibility index (Phi) is 52.6. The van der Waals surface area contributed by atoms with Crippen molar-refractivity contribution in [2.24, 2.45) is 0 Å². The van der Waals surface area contributed by atoms with E-state index >= 15 is 0 Å². The van der Waals surface area contributed by atoms with E-state index in [0.717, 1.165) is 0 Å². The molecule has 0 amide bonds. The van der Waals surface area contributed by atoms with Gasteiger partial charge in [0.1, 0.15) is 0 Å². The van der Waals surface area contributed by atoms with Crippen molar-refractivity contribution in [1.29, 1.82) is 0 Å². The zero-order valence-electron chi connectivity index (χ0n) is 9.92. The summed E-state index contributed by atoms with van der Waals surface area (Å²) in [6.45, 7) is 0. The van der Waals surface area contributed by atoms with Crippen LogP contribution in [0.25, 0.3) is 0 Å². The third-order valence-electron chi connectivity index (χ3n) is 0. The van der Waals surface area contributed by atoms with Crippen LogP contribution in [-0.2, 0) is 0 Å². The molecule has 0 fully saturated rings. The third kappa shape index (κ3) is 95.4. The quantitative estimate of drug-likeness (QED) is 0.457. The smallest absolute Gasteiger partial charge is 1.00 e. The second kappa shape index (κ2) is 15.6. The molecule has 2 N–H and O–H groups in total. The minimum atomic E-state index is -1.83. The van der Waals surface area contributed by atoms with E-state index in [1.54, 1.807) is 0 Å². The number of carboxylic acid groups (broad SMARTS) is 2. The standard InChI is InChI=1S/CH2O3.3Mg.6H/c2-1(3)4;;;;;;;;;/h(H2,2,3,4);;;;;;;;;/q;3*+2;6*-1. The maximum Gasteiger partial charge on any atom is 2.00 e. The first-order valence-corrected chi connectivity index (χ1v) is 0.651. The van der Waals surface area contributed by atoms with E-state index in [1.165, 1.54) is 0 Å². The van der Waals surface area contributed by atoms with Crippen LogP contribution in [0.2, 0.25) is 0 Å². The molecule has 0 bridgehead atoms. The summed E-state index contributed by atoms with van der Waals surface area (Å²) in [5, 5.41) is 13.9. The van der Waals surface area contributed by atoms with E-state index < -0.39 is 6.16 Å². The number of carbonyl (C=O) groups is 1. The van der Waals surface area contributed by atoms with Crippen LogP contribution < -0.4 is 0 Å². The Hall–Kier alpha value is 1.57. The fourth-order valence-corrected chi connectivity index (χ4v) is 0. The van der Waals surface area contributed by atoms with Crippen molar-refractivity contribution in [3.8, 4) is 0 Å². The molecule has 0 unspecified atom stereocenters. The van der Waals surface area contributed by atoms with Gasteiger partial charge >= 0.3 is 75.3 Å². The van der Waals surface area contributed by atoms with Crippen molar-refractivity contribution in [2.45, 2.75) is 0 Å². The van der Waals surface area contributed by atoms with Crippen molar-refractivity contribution < 1.29 is 23.6 Å². The second-order valence-electron chi connectivity index (χ2n) is 0.283. The van der Waals surface area contributed by atoms with Gasteiger partial charge in [-0.2, -0.15) is 0 Å². The van der Waals surface area contributed by atoms with Crippen LogP contribution in [0.5, 0.6) is 0 Å². The van der Waals surface area contributed by atoms with Gasteiger partial charge in [-0.05, 0) is 0 Å². The van der Waals surface area contributed by atoms with Crippen LogP contribution in [0.3, 0.4) is 0 Å². The summed E-state index contributed by atoms with van der Waals surface area (Å²) in [7, 11) is 0. The zero-order valence-corrected chi connectivity index (χ0v) is 8.17. The van der Waals surface area contributed by atoms with Gasteiger partial charge < -0.3 is 18.8 Å². The number of hydrogen-bond donors (Lipinski definition) is 2. The van der Waals surface area contributed by atoms with Gasteiger partial charge in [-0.3, -0.25) is 0 Å². The minimum Gasteiger partial charge on any atom is -1.00 e. The number of rotatable bonds is 0. The predicted molar refractivity (Wildman–Crippen MR) is 34.6 cm³/mol. The normalized spacial score (nSPS) is 3.43. The zero-order chi connectivity index (χ0) is 3.58. The fraction of sp³-hybridized carbons (Fsp3) is 0. The molecule has 0 aliphatic carbocycles. The van der Waals surface area contributed by atoms with Gasteiger partial charge in [0.2, 0.25) is 0 Å². The summed E-state index contributed by atoms with van der Waals surface area (Å²) in [4.78, 5) is 8.56. The molecule has 36 valence electrons. The molecule has 0 aromatic heterocycles. The van der Waals surface area contributed by atoms with Gasteiger partial charge in [0, 0.05) is 0 Å². The van der Waals surface area contributed by atoms with E-state index in [9.17, 15) is 0 Å². The Bertz CT molecular complexity index is 46.1. The van der Waals surface area contributed by atoms with E-state index in [2.05, 4.69) is 0 Å². The van der Waals surface area contributed by atoms with Gasteiger partial charge in [-0.1, -0.05) is 0 Å². The molecular weight excluding hydrogens is 133 g/mol. The van der Waals surface area contributed by atoms with Crippen molar-refractivity contribution in [3.05, 3.63) is 0 Å². The third-order valence-corrected chi connectivity index (χ3v) is 0. The summed E-state index contributed by atoms with van der Waals surface area (Å²) < 4.78 is 0. The van der Waals surface area contributed by atoms with Crippen molar-refractivity contribution in [2.75, 3.05) is 0 Å². The van der Waals surface area contributed by atoms with E-state index in [-0.39, 0.29) is 77.7 Å². The summed E-state index contributed by atoms with van der Waals surface area (Å²) in [5.74, 6) is 0. The summed E-state index contributed by atoms with van der Waals surface area (Å²) in [6, 6.07) is 0. The van der Waals surface area contributed by atoms with Crippen LogP contribution in [0.15, 0.2) is 0 Å². The summed E-state index contributed by atoms with van der Waals surface area (Å²) >= 11 is 0. The molecule has 0 aliphatic rings. The first kappa shape index (κ1) is 23.5. The monoisotopic (exact) mass is 140 g/mol. The first-order valence-electron chi connectivity index (χ1n) is 0.651. The van der Waals surface area contributed by atoms with Crippen LogP contribution in [-0.4, -0.2) is 85.5 Å². The Morgan fingerprint density at radius 3 is 1.14 bits per heavy atom. The van der Waals surface area contributed by atoms with Crippen LogP contribution >= 0.6 is 0 Å². The predicted octanol–water partition coefficient (Wildman–Crippen LogP) is -0.245. The molecule has 0 rings (SSSR count). The molecule has 0 aromatic carbocycles. The van der Waals surface area contributed by atoms with E-state index in [1.807, 2.05) is 0 Å². The van der Waals surface area contributed by atoms with Gasteiger partial charge in [-0.25, -0.2) is 4.79 Å². The maximum absolute atomic E-state index is 8.56. The topological polar surface area (TPSA) is 57.5 Å². The average Bonchev–Trinajstić information content (AvgIpc) is 0.811. The van der Waals surface area contributed by atoms with Gasteiger partial charge in [0.15, 0.2) is 0 Å². The molecule has 7 heavy (non-hydrogen) atoms. The molecule has 0 heterocycles. The van der Waals surface area contributed by atoms with Crippen LogP contribution in [0.4, 0.5) is 4.79 Å². The van der Waals surface area contributed by atoms with Crippen molar-refractivity contribution in [1.82, 2.24) is 0 Å². The van der Waals surface area contributed by atoms with Crippen LogP contribution in [0, 0.1) is 0 Å². The molecule has 6 heteroatoms. The summed E-state index contributed by atoms with van der Waals surface area (Å²) in [5.41, 5.74) is 0. The maximum atomic E-state index is 8.56. The van der Waals surface area contributed by atoms with Crippen LogP contribution in [0.1, 0.15) is 8.56 Å². The van der Waals surface area contributed by atoms with E-state index in [4.69, 9.17) is 15.0 Å². The molecule has 0 atom stereocenters. The van der Waals surface area contributed by atoms with E-state index in [0.29, 0.717) is 0 Å². The molecule has 0 radical (unpaired) electrons. The fourth-order valence-electron chi connectivity index (χ4n) is 0. The van der Waals surface area contributed by atoms with Gasteiger partial charge in [0.25, 0.3) is 0 Å². The van der Waals surface area contributed by atoms with Crippen molar-refractivity contribution >= 4 is 75.3 Å². The largest absolute Gasteiger partial charge is 2.00 e. The molecule has 0 aromatic rings. The Labute approximate surface area is 98.2 Å². The SMILES string of the molecule is O=C(O)O.[H-].[H-].[H-].[H-].[H-].[H-].[Mg+2].[Mg+2].[Mg+2]. The Balaban J connectivity index is -0.00000000125. The molecule has 0 saturated carbocycles. The minimum absolute atomic E-state index is 0. The molecular formula is CH8Mg3O3. The molecule has 0 aliphatic heterocycles. The average molecular weight is 141 g/mol. The first-order chi connectivity index (χ1) is 1.73. The second-order valence-corrected chi connectivity index (χ2v) is 0.283. The Morgan fingerprint density at radius 2 is 1.14 bits per heavy atom. The van der Waals surface area contributed by atoms with Gasteiger partial charge in [0.05, 0.1) is 0 Å². The number of hydrogen-bond acceptors (Lipinski definition) is 1. The van der Waals surface area contributed by atoms with Gasteiger partial charge in [-0.15, -0.1) is 0 Å². The summed E-state index contributed by atoms with van der Waals surface area (Å²) in [6.07, 6.45) is -1.83.